The Hall–Kier alpha value is -2.64. The first-order chi connectivity index (χ1) is 13.1. The van der Waals surface area contributed by atoms with Gasteiger partial charge in [-0.3, -0.25) is 9.69 Å². The highest BCUT2D eigenvalue weighted by Gasteiger charge is 2.32. The molecular formula is C20H25N3O4. The topological polar surface area (TPSA) is 71.1 Å². The van der Waals surface area contributed by atoms with Gasteiger partial charge in [-0.25, -0.2) is 4.79 Å². The molecule has 0 spiro atoms. The number of anilines is 2. The third kappa shape index (κ3) is 4.75. The first-order valence-corrected chi connectivity index (χ1v) is 9.03. The van der Waals surface area contributed by atoms with Crippen LogP contribution in [0.5, 0.6) is 0 Å². The van der Waals surface area contributed by atoms with Gasteiger partial charge < -0.3 is 19.7 Å². The molecular weight excluding hydrogens is 346 g/mol. The van der Waals surface area contributed by atoms with E-state index in [2.05, 4.69) is 11.9 Å². The normalized spacial score (nSPS) is 20.8. The second-order valence-corrected chi connectivity index (χ2v) is 6.61. The van der Waals surface area contributed by atoms with E-state index < -0.39 is 0 Å². The van der Waals surface area contributed by atoms with Crippen molar-refractivity contribution >= 4 is 23.4 Å². The van der Waals surface area contributed by atoms with Gasteiger partial charge in [-0.05, 0) is 31.2 Å². The maximum atomic E-state index is 12.2. The van der Waals surface area contributed by atoms with Gasteiger partial charge in [-0.1, -0.05) is 24.3 Å². The molecule has 7 nitrogen and oxygen atoms in total. The highest BCUT2D eigenvalue weighted by atomic mass is 16.6. The van der Waals surface area contributed by atoms with Gasteiger partial charge in [0.05, 0.1) is 13.2 Å². The summed E-state index contributed by atoms with van der Waals surface area (Å²) in [4.78, 5) is 27.4. The summed E-state index contributed by atoms with van der Waals surface area (Å²) in [7, 11) is 0. The van der Waals surface area contributed by atoms with Gasteiger partial charge in [-0.2, -0.15) is 0 Å². The standard InChI is InChI=1S/C20H25N3O4/c1-3-4-15(2)11-21-12-18-13-23(20(25)27-18)17-7-5-16(6-8-17)22-9-10-26-14-19(22)24/h3-8,18,21H,1,9-14H2,2H3. The Labute approximate surface area is 159 Å². The lowest BCUT2D eigenvalue weighted by Gasteiger charge is -2.27. The number of nitrogens with one attached hydrogen (secondary N) is 1. The molecule has 3 rings (SSSR count). The lowest BCUT2D eigenvalue weighted by atomic mass is 10.2. The highest BCUT2D eigenvalue weighted by molar-refractivity contribution is 5.95. The minimum absolute atomic E-state index is 0.0542. The molecule has 1 unspecified atom stereocenters. The van der Waals surface area contributed by atoms with Crippen molar-refractivity contribution in [3.63, 3.8) is 0 Å². The van der Waals surface area contributed by atoms with Gasteiger partial charge >= 0.3 is 6.09 Å². The maximum absolute atomic E-state index is 12.2. The van der Waals surface area contributed by atoms with Crippen LogP contribution >= 0.6 is 0 Å². The Kier molecular flexibility index (Phi) is 6.26. The van der Waals surface area contributed by atoms with E-state index in [-0.39, 0.29) is 24.7 Å². The van der Waals surface area contributed by atoms with E-state index in [0.29, 0.717) is 26.2 Å². The van der Waals surface area contributed by atoms with Crippen LogP contribution in [0.3, 0.4) is 0 Å². The van der Waals surface area contributed by atoms with Crippen LogP contribution in [-0.2, 0) is 14.3 Å². The van der Waals surface area contributed by atoms with E-state index >= 15 is 0 Å². The van der Waals surface area contributed by atoms with Crippen molar-refractivity contribution in [1.82, 2.24) is 5.32 Å². The summed E-state index contributed by atoms with van der Waals surface area (Å²) in [6, 6.07) is 7.37. The van der Waals surface area contributed by atoms with Crippen LogP contribution in [0.1, 0.15) is 6.92 Å². The van der Waals surface area contributed by atoms with Gasteiger partial charge in [-0.15, -0.1) is 0 Å². The molecule has 2 saturated heterocycles. The average Bonchev–Trinajstić information content (AvgIpc) is 3.03. The summed E-state index contributed by atoms with van der Waals surface area (Å²) < 4.78 is 10.6. The largest absolute Gasteiger partial charge is 0.443 e. The Balaban J connectivity index is 1.56. The van der Waals surface area contributed by atoms with Crippen LogP contribution in [0.25, 0.3) is 0 Å². The molecule has 0 saturated carbocycles. The number of hydrogen-bond donors (Lipinski definition) is 1. The lowest BCUT2D eigenvalue weighted by molar-refractivity contribution is -0.125. The zero-order chi connectivity index (χ0) is 19.2. The smallest absolute Gasteiger partial charge is 0.414 e. The van der Waals surface area contributed by atoms with Crippen LogP contribution in [0.4, 0.5) is 16.2 Å². The molecule has 7 heteroatoms. The number of amides is 2. The molecule has 27 heavy (non-hydrogen) atoms. The van der Waals surface area contributed by atoms with E-state index in [1.54, 1.807) is 15.9 Å². The van der Waals surface area contributed by atoms with E-state index in [1.807, 2.05) is 37.3 Å². The monoisotopic (exact) mass is 371 g/mol. The number of nitrogens with zero attached hydrogens (tertiary/aromatic N) is 2. The predicted molar refractivity (Wildman–Crippen MR) is 104 cm³/mol. The first-order valence-electron chi connectivity index (χ1n) is 9.03. The lowest BCUT2D eigenvalue weighted by Crippen LogP contribution is -2.41. The zero-order valence-electron chi connectivity index (χ0n) is 15.5. The number of carbonyl (C=O) groups is 2. The van der Waals surface area contributed by atoms with Crippen molar-refractivity contribution in [3.8, 4) is 0 Å². The summed E-state index contributed by atoms with van der Waals surface area (Å²) in [6.45, 7) is 8.67. The molecule has 0 aliphatic carbocycles. The molecule has 0 aromatic heterocycles. The summed E-state index contributed by atoms with van der Waals surface area (Å²) in [5, 5.41) is 3.29. The second kappa shape index (κ2) is 8.83. The number of morpholine rings is 1. The molecule has 2 amide bonds. The quantitative estimate of drug-likeness (QED) is 0.743. The molecule has 2 aliphatic rings. The third-order valence-electron chi connectivity index (χ3n) is 4.51. The second-order valence-electron chi connectivity index (χ2n) is 6.61. The number of allylic oxidation sites excluding steroid dienone is 2. The summed E-state index contributed by atoms with van der Waals surface area (Å²) in [5.41, 5.74) is 2.73. The van der Waals surface area contributed by atoms with Crippen molar-refractivity contribution in [1.29, 1.82) is 0 Å². The summed E-state index contributed by atoms with van der Waals surface area (Å²) >= 11 is 0. The van der Waals surface area contributed by atoms with E-state index in [9.17, 15) is 9.59 Å². The molecule has 1 atom stereocenters. The number of carbonyl (C=O) groups excluding carboxylic acids is 2. The van der Waals surface area contributed by atoms with E-state index in [4.69, 9.17) is 9.47 Å². The maximum Gasteiger partial charge on any atom is 0.414 e. The predicted octanol–water partition coefficient (Wildman–Crippen LogP) is 2.10. The van der Waals surface area contributed by atoms with Crippen LogP contribution in [0, 0.1) is 0 Å². The molecule has 1 aromatic carbocycles. The minimum Gasteiger partial charge on any atom is -0.443 e. The molecule has 0 radical (unpaired) electrons. The molecule has 2 aliphatic heterocycles. The number of hydrogen-bond acceptors (Lipinski definition) is 5. The van der Waals surface area contributed by atoms with Crippen molar-refractivity contribution in [2.75, 3.05) is 49.2 Å². The summed E-state index contributed by atoms with van der Waals surface area (Å²) in [6.07, 6.45) is 3.15. The fourth-order valence-electron chi connectivity index (χ4n) is 3.13. The molecule has 0 bridgehead atoms. The summed E-state index contributed by atoms with van der Waals surface area (Å²) in [5.74, 6) is -0.0542. The van der Waals surface area contributed by atoms with Crippen molar-refractivity contribution in [3.05, 3.63) is 48.6 Å². The number of cyclic esters (lactones) is 1. The van der Waals surface area contributed by atoms with Gasteiger partial charge in [0.15, 0.2) is 0 Å². The minimum atomic E-state index is -0.352. The van der Waals surface area contributed by atoms with Gasteiger partial charge in [0, 0.05) is 31.0 Å². The molecule has 1 N–H and O–H groups in total. The number of benzene rings is 1. The van der Waals surface area contributed by atoms with Gasteiger partial charge in [0.2, 0.25) is 0 Å². The Morgan fingerprint density at radius 3 is 2.63 bits per heavy atom. The van der Waals surface area contributed by atoms with Gasteiger partial charge in [0.1, 0.15) is 12.7 Å². The number of ether oxygens (including phenoxy) is 2. The Bertz CT molecular complexity index is 729. The SMILES string of the molecule is C=CC=C(C)CNCC1CN(c2ccc(N3CCOCC3=O)cc2)C(=O)O1. The molecule has 2 fully saturated rings. The van der Waals surface area contributed by atoms with Crippen LogP contribution in [0.15, 0.2) is 48.6 Å². The van der Waals surface area contributed by atoms with E-state index in [0.717, 1.165) is 17.9 Å². The van der Waals surface area contributed by atoms with Crippen LogP contribution in [0.2, 0.25) is 0 Å². The van der Waals surface area contributed by atoms with Crippen molar-refractivity contribution < 1.29 is 19.1 Å². The van der Waals surface area contributed by atoms with Gasteiger partial charge in [0.25, 0.3) is 5.91 Å². The fourth-order valence-corrected chi connectivity index (χ4v) is 3.13. The van der Waals surface area contributed by atoms with Crippen molar-refractivity contribution in [2.24, 2.45) is 0 Å². The third-order valence-corrected chi connectivity index (χ3v) is 4.51. The average molecular weight is 371 g/mol. The molecule has 1 aromatic rings. The van der Waals surface area contributed by atoms with Crippen LogP contribution in [-0.4, -0.2) is 57.5 Å². The van der Waals surface area contributed by atoms with E-state index in [1.165, 1.54) is 5.57 Å². The zero-order valence-corrected chi connectivity index (χ0v) is 15.5. The fraction of sp³-hybridized carbons (Fsp3) is 0.400. The Morgan fingerprint density at radius 1 is 1.26 bits per heavy atom. The van der Waals surface area contributed by atoms with Crippen molar-refractivity contribution in [2.45, 2.75) is 13.0 Å². The number of rotatable bonds is 7. The molecule has 2 heterocycles. The molecule has 144 valence electrons. The van der Waals surface area contributed by atoms with Crippen LogP contribution < -0.4 is 15.1 Å². The first kappa shape index (κ1) is 19.1. The Morgan fingerprint density at radius 2 is 1.96 bits per heavy atom. The highest BCUT2D eigenvalue weighted by Crippen LogP contribution is 2.25.